The van der Waals surface area contributed by atoms with E-state index in [1.54, 1.807) is 0 Å². The van der Waals surface area contributed by atoms with E-state index in [1.807, 2.05) is 0 Å². The van der Waals surface area contributed by atoms with Crippen molar-refractivity contribution in [1.82, 2.24) is 0 Å². The second-order valence-corrected chi connectivity index (χ2v) is 4.12. The summed E-state index contributed by atoms with van der Waals surface area (Å²) < 4.78 is 4.46. The lowest BCUT2D eigenvalue weighted by Crippen LogP contribution is -1.99. The molecule has 0 saturated heterocycles. The number of nitrogens with two attached hydrogens (primary N) is 1. The van der Waals surface area contributed by atoms with Gasteiger partial charge in [0, 0.05) is 5.69 Å². The van der Waals surface area contributed by atoms with E-state index in [0.29, 0.717) is 11.3 Å². The van der Waals surface area contributed by atoms with E-state index < -0.39 is 11.9 Å². The maximum absolute atomic E-state index is 10.8. The first-order valence-electron chi connectivity index (χ1n) is 6.04. The summed E-state index contributed by atoms with van der Waals surface area (Å²) in [5.74, 6) is -1.72. The topological polar surface area (TPSA) is 130 Å². The first-order valence-corrected chi connectivity index (χ1v) is 6.04. The van der Waals surface area contributed by atoms with Gasteiger partial charge in [-0.15, -0.1) is 0 Å². The summed E-state index contributed by atoms with van der Waals surface area (Å²) in [6, 6.07) is 9.76. The Morgan fingerprint density at radius 1 is 1.05 bits per heavy atom. The SMILES string of the molecule is COC(=O)c1ccc(O)cc1.Nc1ccc(O)c(C(=O)O)c1. The molecule has 0 heterocycles. The van der Waals surface area contributed by atoms with Crippen LogP contribution < -0.4 is 5.73 Å². The van der Waals surface area contributed by atoms with Gasteiger partial charge in [-0.05, 0) is 42.5 Å². The molecule has 2 aromatic carbocycles. The van der Waals surface area contributed by atoms with Crippen molar-refractivity contribution in [1.29, 1.82) is 0 Å². The van der Waals surface area contributed by atoms with Gasteiger partial charge in [-0.25, -0.2) is 9.59 Å². The van der Waals surface area contributed by atoms with Crippen LogP contribution in [0.5, 0.6) is 11.5 Å². The highest BCUT2D eigenvalue weighted by molar-refractivity contribution is 5.91. The smallest absolute Gasteiger partial charge is 0.339 e. The van der Waals surface area contributed by atoms with Gasteiger partial charge in [0.05, 0.1) is 12.7 Å². The van der Waals surface area contributed by atoms with Crippen LogP contribution in [0.2, 0.25) is 0 Å². The van der Waals surface area contributed by atoms with E-state index in [-0.39, 0.29) is 17.1 Å². The number of aromatic carboxylic acids is 1. The second kappa shape index (κ2) is 7.53. The number of nitrogen functional groups attached to an aromatic ring is 1. The molecule has 0 aromatic heterocycles. The fourth-order valence-electron chi connectivity index (χ4n) is 1.44. The van der Waals surface area contributed by atoms with Crippen LogP contribution in [0.4, 0.5) is 5.69 Å². The summed E-state index contributed by atoms with van der Waals surface area (Å²) in [5, 5.41) is 26.3. The highest BCUT2D eigenvalue weighted by atomic mass is 16.5. The molecule has 0 aliphatic carbocycles. The van der Waals surface area contributed by atoms with Crippen molar-refractivity contribution in [3.05, 3.63) is 53.6 Å². The Labute approximate surface area is 126 Å². The molecule has 0 bridgehead atoms. The largest absolute Gasteiger partial charge is 0.508 e. The minimum absolute atomic E-state index is 0.137. The van der Waals surface area contributed by atoms with Crippen molar-refractivity contribution in [2.45, 2.75) is 0 Å². The molecular weight excluding hydrogens is 290 g/mol. The molecule has 0 unspecified atom stereocenters. The average Bonchev–Trinajstić information content (AvgIpc) is 2.50. The first-order chi connectivity index (χ1) is 10.3. The third-order valence-corrected chi connectivity index (χ3v) is 2.54. The lowest BCUT2D eigenvalue weighted by molar-refractivity contribution is 0.0599. The number of esters is 1. The van der Waals surface area contributed by atoms with E-state index in [4.69, 9.17) is 21.1 Å². The number of hydrogen-bond donors (Lipinski definition) is 4. The Balaban J connectivity index is 0.000000220. The number of methoxy groups -OCH3 is 1. The average molecular weight is 305 g/mol. The summed E-state index contributed by atoms with van der Waals surface area (Å²) >= 11 is 0. The molecule has 0 amide bonds. The van der Waals surface area contributed by atoms with Gasteiger partial charge in [0.2, 0.25) is 0 Å². The van der Waals surface area contributed by atoms with E-state index >= 15 is 0 Å². The van der Waals surface area contributed by atoms with E-state index in [2.05, 4.69) is 4.74 Å². The standard InChI is InChI=1S/C8H8O3.C7H7NO3/c1-11-8(10)6-2-4-7(9)5-3-6;8-4-1-2-6(9)5(3-4)7(10)11/h2-5,9H,1H3;1-3,9H,8H2,(H,10,11). The van der Waals surface area contributed by atoms with Gasteiger partial charge in [0.25, 0.3) is 0 Å². The zero-order valence-electron chi connectivity index (χ0n) is 11.7. The fraction of sp³-hybridized carbons (Fsp3) is 0.0667. The minimum Gasteiger partial charge on any atom is -0.508 e. The number of carbonyl (C=O) groups excluding carboxylic acids is 1. The molecule has 22 heavy (non-hydrogen) atoms. The van der Waals surface area contributed by atoms with Crippen LogP contribution in [0, 0.1) is 0 Å². The molecule has 7 heteroatoms. The summed E-state index contributed by atoms with van der Waals surface area (Å²) in [6.45, 7) is 0. The second-order valence-electron chi connectivity index (χ2n) is 4.12. The molecule has 7 nitrogen and oxygen atoms in total. The Bertz CT molecular complexity index is 666. The van der Waals surface area contributed by atoms with Gasteiger partial charge in [0.15, 0.2) is 0 Å². The van der Waals surface area contributed by atoms with Crippen LogP contribution in [-0.2, 0) is 4.74 Å². The van der Waals surface area contributed by atoms with Gasteiger partial charge >= 0.3 is 11.9 Å². The van der Waals surface area contributed by atoms with Crippen LogP contribution in [0.25, 0.3) is 0 Å². The van der Waals surface area contributed by atoms with Crippen molar-refractivity contribution < 1.29 is 29.6 Å². The van der Waals surface area contributed by atoms with Crippen molar-refractivity contribution in [3.8, 4) is 11.5 Å². The highest BCUT2D eigenvalue weighted by Gasteiger charge is 2.08. The number of carboxylic acid groups (broad SMARTS) is 1. The van der Waals surface area contributed by atoms with E-state index in [9.17, 15) is 9.59 Å². The van der Waals surface area contributed by atoms with Gasteiger partial charge in [-0.2, -0.15) is 0 Å². The monoisotopic (exact) mass is 305 g/mol. The van der Waals surface area contributed by atoms with Crippen molar-refractivity contribution in [2.75, 3.05) is 12.8 Å². The molecule has 2 aromatic rings. The summed E-state index contributed by atoms with van der Waals surface area (Å²) in [5.41, 5.74) is 5.87. The number of benzene rings is 2. The predicted octanol–water partition coefficient (Wildman–Crippen LogP) is 1.85. The van der Waals surface area contributed by atoms with Crippen molar-refractivity contribution in [2.24, 2.45) is 0 Å². The van der Waals surface area contributed by atoms with Crippen molar-refractivity contribution in [3.63, 3.8) is 0 Å². The lowest BCUT2D eigenvalue weighted by atomic mass is 10.2. The van der Waals surface area contributed by atoms with E-state index in [1.165, 1.54) is 49.6 Å². The molecular formula is C15H15NO6. The number of ether oxygens (including phenoxy) is 1. The molecule has 2 rings (SSSR count). The molecule has 0 fully saturated rings. The number of phenolic OH excluding ortho intramolecular Hbond substituents is 1. The van der Waals surface area contributed by atoms with Gasteiger partial charge < -0.3 is 25.8 Å². The molecule has 0 aliphatic rings. The summed E-state index contributed by atoms with van der Waals surface area (Å²) in [4.78, 5) is 21.2. The maximum atomic E-state index is 10.8. The minimum atomic E-state index is -1.19. The number of carboxylic acids is 1. The summed E-state index contributed by atoms with van der Waals surface area (Å²) in [7, 11) is 1.31. The Kier molecular flexibility index (Phi) is 5.76. The lowest BCUT2D eigenvalue weighted by Gasteiger charge is -1.98. The number of aromatic hydroxyl groups is 2. The fourth-order valence-corrected chi connectivity index (χ4v) is 1.44. The van der Waals surface area contributed by atoms with Gasteiger partial charge in [-0.3, -0.25) is 0 Å². The van der Waals surface area contributed by atoms with Crippen LogP contribution in [-0.4, -0.2) is 34.4 Å². The normalized spacial score (nSPS) is 9.32. The summed E-state index contributed by atoms with van der Waals surface area (Å²) in [6.07, 6.45) is 0. The molecule has 5 N–H and O–H groups in total. The Hall–Kier alpha value is -3.22. The van der Waals surface area contributed by atoms with Crippen LogP contribution in [0.15, 0.2) is 42.5 Å². The maximum Gasteiger partial charge on any atom is 0.339 e. The van der Waals surface area contributed by atoms with E-state index in [0.717, 1.165) is 0 Å². The predicted molar refractivity (Wildman–Crippen MR) is 78.9 cm³/mol. The number of carbonyl (C=O) groups is 2. The molecule has 0 saturated carbocycles. The zero-order chi connectivity index (χ0) is 16.7. The third kappa shape index (κ3) is 4.71. The number of rotatable bonds is 2. The Morgan fingerprint density at radius 3 is 2.09 bits per heavy atom. The molecule has 0 aliphatic heterocycles. The molecule has 0 spiro atoms. The molecule has 116 valence electrons. The highest BCUT2D eigenvalue weighted by Crippen LogP contribution is 2.19. The Morgan fingerprint density at radius 2 is 1.64 bits per heavy atom. The van der Waals surface area contributed by atoms with Crippen LogP contribution in [0.3, 0.4) is 0 Å². The van der Waals surface area contributed by atoms with Crippen LogP contribution in [0.1, 0.15) is 20.7 Å². The molecule has 0 radical (unpaired) electrons. The number of hydrogen-bond acceptors (Lipinski definition) is 6. The molecule has 0 atom stereocenters. The first kappa shape index (κ1) is 16.8. The quantitative estimate of drug-likeness (QED) is 0.378. The van der Waals surface area contributed by atoms with Gasteiger partial charge in [-0.1, -0.05) is 0 Å². The zero-order valence-corrected chi connectivity index (χ0v) is 11.7. The van der Waals surface area contributed by atoms with Crippen molar-refractivity contribution >= 4 is 17.6 Å². The third-order valence-electron chi connectivity index (χ3n) is 2.54. The van der Waals surface area contributed by atoms with Crippen LogP contribution >= 0.6 is 0 Å². The number of phenols is 2. The number of anilines is 1. The van der Waals surface area contributed by atoms with Gasteiger partial charge in [0.1, 0.15) is 17.1 Å².